The van der Waals surface area contributed by atoms with E-state index in [2.05, 4.69) is 4.74 Å². The van der Waals surface area contributed by atoms with Gasteiger partial charge in [0.1, 0.15) is 16.9 Å². The molecule has 5 heteroatoms. The zero-order valence-corrected chi connectivity index (χ0v) is 11.5. The number of ether oxygens (including phenoxy) is 2. The molecule has 5 nitrogen and oxygen atoms in total. The van der Waals surface area contributed by atoms with E-state index >= 15 is 0 Å². The molecule has 0 saturated carbocycles. The van der Waals surface area contributed by atoms with Crippen LogP contribution >= 0.6 is 0 Å². The van der Waals surface area contributed by atoms with Gasteiger partial charge in [-0.25, -0.2) is 9.59 Å². The van der Waals surface area contributed by atoms with Crippen LogP contribution in [0.2, 0.25) is 0 Å². The first-order valence-corrected chi connectivity index (χ1v) is 6.26. The maximum absolute atomic E-state index is 11.8. The van der Waals surface area contributed by atoms with Crippen molar-refractivity contribution in [1.82, 2.24) is 0 Å². The van der Waals surface area contributed by atoms with E-state index < -0.39 is 11.6 Å². The van der Waals surface area contributed by atoms with E-state index in [1.807, 2.05) is 24.3 Å². The molecule has 0 radical (unpaired) electrons. The first-order valence-electron chi connectivity index (χ1n) is 6.26. The summed E-state index contributed by atoms with van der Waals surface area (Å²) >= 11 is 0. The Kier molecular flexibility index (Phi) is 3.10. The number of carbonyl (C=O) groups is 1. The maximum atomic E-state index is 11.8. The van der Waals surface area contributed by atoms with Gasteiger partial charge in [0.2, 0.25) is 0 Å². The van der Waals surface area contributed by atoms with Crippen LogP contribution in [-0.4, -0.2) is 20.2 Å². The van der Waals surface area contributed by atoms with Crippen molar-refractivity contribution >= 4 is 27.7 Å². The summed E-state index contributed by atoms with van der Waals surface area (Å²) in [6, 6.07) is 10.7. The second-order valence-electron chi connectivity index (χ2n) is 4.54. The monoisotopic (exact) mass is 284 g/mol. The second-order valence-corrected chi connectivity index (χ2v) is 4.54. The summed E-state index contributed by atoms with van der Waals surface area (Å²) in [4.78, 5) is 23.3. The fraction of sp³-hybridized carbons (Fsp3) is 0.125. The van der Waals surface area contributed by atoms with Gasteiger partial charge in [0.05, 0.1) is 14.2 Å². The molecule has 0 spiro atoms. The van der Waals surface area contributed by atoms with E-state index in [0.29, 0.717) is 11.0 Å². The lowest BCUT2D eigenvalue weighted by atomic mass is 10.1. The van der Waals surface area contributed by atoms with Crippen LogP contribution in [0.15, 0.2) is 45.6 Å². The lowest BCUT2D eigenvalue weighted by molar-refractivity contribution is 0.0596. The molecule has 1 heterocycles. The minimum Gasteiger partial charge on any atom is -0.497 e. The number of fused-ring (bicyclic) bond motifs is 2. The predicted molar refractivity (Wildman–Crippen MR) is 77.9 cm³/mol. The topological polar surface area (TPSA) is 65.7 Å². The normalized spacial score (nSPS) is 10.8. The Labute approximate surface area is 119 Å². The summed E-state index contributed by atoms with van der Waals surface area (Å²) in [5.41, 5.74) is -0.414. The van der Waals surface area contributed by atoms with Crippen molar-refractivity contribution in [3.8, 4) is 5.75 Å². The average Bonchev–Trinajstić information content (AvgIpc) is 2.51. The zero-order chi connectivity index (χ0) is 15.0. The molecule has 3 rings (SSSR count). The molecule has 0 saturated heterocycles. The van der Waals surface area contributed by atoms with Gasteiger partial charge < -0.3 is 13.9 Å². The number of carbonyl (C=O) groups excluding carboxylic acids is 1. The van der Waals surface area contributed by atoms with Crippen molar-refractivity contribution < 1.29 is 18.7 Å². The number of hydrogen-bond acceptors (Lipinski definition) is 5. The minimum absolute atomic E-state index is 0.113. The van der Waals surface area contributed by atoms with Crippen LogP contribution in [0.1, 0.15) is 10.4 Å². The third-order valence-corrected chi connectivity index (χ3v) is 3.30. The highest BCUT2D eigenvalue weighted by Crippen LogP contribution is 2.26. The van der Waals surface area contributed by atoms with Crippen LogP contribution in [-0.2, 0) is 4.74 Å². The van der Waals surface area contributed by atoms with E-state index in [1.165, 1.54) is 13.2 Å². The van der Waals surface area contributed by atoms with Crippen molar-refractivity contribution in [2.45, 2.75) is 0 Å². The number of benzene rings is 2. The van der Waals surface area contributed by atoms with Crippen molar-refractivity contribution in [2.75, 3.05) is 14.2 Å². The molecule has 0 aliphatic rings. The molecule has 0 unspecified atom stereocenters. The lowest BCUT2D eigenvalue weighted by Gasteiger charge is -2.05. The van der Waals surface area contributed by atoms with Gasteiger partial charge in [0, 0.05) is 5.39 Å². The molecule has 3 aromatic rings. The molecule has 0 bridgehead atoms. The molecule has 106 valence electrons. The van der Waals surface area contributed by atoms with E-state index in [-0.39, 0.29) is 5.56 Å². The van der Waals surface area contributed by atoms with Crippen molar-refractivity contribution in [2.24, 2.45) is 0 Å². The number of hydrogen-bond donors (Lipinski definition) is 0. The fourth-order valence-corrected chi connectivity index (χ4v) is 2.22. The van der Waals surface area contributed by atoms with Gasteiger partial charge in [0.15, 0.2) is 0 Å². The predicted octanol–water partition coefficient (Wildman–Crippen LogP) is 2.74. The number of methoxy groups -OCH3 is 2. The van der Waals surface area contributed by atoms with Gasteiger partial charge >= 0.3 is 11.6 Å². The second kappa shape index (κ2) is 4.94. The van der Waals surface area contributed by atoms with E-state index in [0.717, 1.165) is 16.5 Å². The summed E-state index contributed by atoms with van der Waals surface area (Å²) < 4.78 is 14.9. The molecule has 0 fully saturated rings. The molecule has 0 amide bonds. The Morgan fingerprint density at radius 3 is 2.52 bits per heavy atom. The Morgan fingerprint density at radius 2 is 1.81 bits per heavy atom. The van der Waals surface area contributed by atoms with Gasteiger partial charge in [-0.1, -0.05) is 6.07 Å². The van der Waals surface area contributed by atoms with Gasteiger partial charge in [0.25, 0.3) is 0 Å². The van der Waals surface area contributed by atoms with Crippen LogP contribution in [0.25, 0.3) is 21.7 Å². The van der Waals surface area contributed by atoms with Gasteiger partial charge in [-0.05, 0) is 41.1 Å². The summed E-state index contributed by atoms with van der Waals surface area (Å²) in [5.74, 6) is 0.0101. The third-order valence-electron chi connectivity index (χ3n) is 3.30. The summed E-state index contributed by atoms with van der Waals surface area (Å²) in [7, 11) is 2.81. The van der Waals surface area contributed by atoms with E-state index in [1.54, 1.807) is 13.2 Å². The minimum atomic E-state index is -0.711. The van der Waals surface area contributed by atoms with Crippen LogP contribution in [0, 0.1) is 0 Å². The van der Waals surface area contributed by atoms with Crippen LogP contribution in [0.3, 0.4) is 0 Å². The van der Waals surface area contributed by atoms with E-state index in [4.69, 9.17) is 9.15 Å². The summed E-state index contributed by atoms with van der Waals surface area (Å²) in [6.07, 6.45) is 0. The number of rotatable bonds is 2. The standard InChI is InChI=1S/C16H12O5/c1-19-12-4-3-9-5-11-7-13(15(17)20-2)16(18)21-14(11)8-10(9)6-12/h3-8H,1-2H3. The van der Waals surface area contributed by atoms with Crippen LogP contribution in [0.5, 0.6) is 5.75 Å². The Morgan fingerprint density at radius 1 is 1.00 bits per heavy atom. The fourth-order valence-electron chi connectivity index (χ4n) is 2.22. The smallest absolute Gasteiger partial charge is 0.351 e. The third kappa shape index (κ3) is 2.23. The molecule has 0 atom stereocenters. The Hall–Kier alpha value is -2.82. The van der Waals surface area contributed by atoms with Crippen LogP contribution in [0.4, 0.5) is 0 Å². The van der Waals surface area contributed by atoms with Crippen molar-refractivity contribution in [1.29, 1.82) is 0 Å². The quantitative estimate of drug-likeness (QED) is 0.411. The molecule has 2 aromatic carbocycles. The van der Waals surface area contributed by atoms with Crippen LogP contribution < -0.4 is 10.4 Å². The van der Waals surface area contributed by atoms with Crippen molar-refractivity contribution in [3.05, 3.63) is 52.4 Å². The molecular formula is C16H12O5. The zero-order valence-electron chi connectivity index (χ0n) is 11.5. The first-order chi connectivity index (χ1) is 10.1. The van der Waals surface area contributed by atoms with E-state index in [9.17, 15) is 9.59 Å². The molecule has 0 aliphatic heterocycles. The molecule has 0 N–H and O–H groups in total. The summed E-state index contributed by atoms with van der Waals surface area (Å²) in [6.45, 7) is 0. The SMILES string of the molecule is COC(=O)c1cc2cc3ccc(OC)cc3cc2oc1=O. The molecule has 0 aliphatic carbocycles. The van der Waals surface area contributed by atoms with Gasteiger partial charge in [-0.15, -0.1) is 0 Å². The molecular weight excluding hydrogens is 272 g/mol. The summed E-state index contributed by atoms with van der Waals surface area (Å²) in [5, 5.41) is 2.50. The highest BCUT2D eigenvalue weighted by Gasteiger charge is 2.14. The average molecular weight is 284 g/mol. The lowest BCUT2D eigenvalue weighted by Crippen LogP contribution is -2.14. The van der Waals surface area contributed by atoms with Gasteiger partial charge in [-0.3, -0.25) is 0 Å². The Balaban J connectivity index is 2.30. The Bertz CT molecular complexity index is 908. The molecule has 1 aromatic heterocycles. The molecule has 21 heavy (non-hydrogen) atoms. The van der Waals surface area contributed by atoms with Crippen molar-refractivity contribution in [3.63, 3.8) is 0 Å². The van der Waals surface area contributed by atoms with Gasteiger partial charge in [-0.2, -0.15) is 0 Å². The largest absolute Gasteiger partial charge is 0.497 e. The first kappa shape index (κ1) is 13.2. The highest BCUT2D eigenvalue weighted by molar-refractivity contribution is 5.99. The maximum Gasteiger partial charge on any atom is 0.351 e. The number of esters is 1. The highest BCUT2D eigenvalue weighted by atomic mass is 16.5.